The molecular formula is C24H24N2O2. The third-order valence-electron chi connectivity index (χ3n) is 5.36. The summed E-state index contributed by atoms with van der Waals surface area (Å²) in [5.74, 6) is 0.0850. The summed E-state index contributed by atoms with van der Waals surface area (Å²) < 4.78 is 5.68. The number of amides is 1. The molecule has 0 heterocycles. The molecule has 2 N–H and O–H groups in total. The minimum atomic E-state index is -0.294. The van der Waals surface area contributed by atoms with E-state index in [1.54, 1.807) is 11.9 Å². The molecule has 1 aliphatic rings. The van der Waals surface area contributed by atoms with Crippen LogP contribution in [0.25, 0.3) is 11.1 Å². The Hall–Kier alpha value is -3.27. The Morgan fingerprint density at radius 3 is 2.11 bits per heavy atom. The fourth-order valence-corrected chi connectivity index (χ4v) is 3.78. The molecule has 0 aliphatic heterocycles. The van der Waals surface area contributed by atoms with Gasteiger partial charge in [-0.25, -0.2) is 4.79 Å². The van der Waals surface area contributed by atoms with Crippen LogP contribution < -0.4 is 5.73 Å². The highest BCUT2D eigenvalue weighted by molar-refractivity contribution is 5.79. The van der Waals surface area contributed by atoms with E-state index in [9.17, 15) is 4.79 Å². The van der Waals surface area contributed by atoms with Crippen molar-refractivity contribution in [2.45, 2.75) is 12.3 Å². The summed E-state index contributed by atoms with van der Waals surface area (Å²) in [6, 6.07) is 24.4. The quantitative estimate of drug-likeness (QED) is 0.661. The Balaban J connectivity index is 1.38. The van der Waals surface area contributed by atoms with E-state index >= 15 is 0 Å². The van der Waals surface area contributed by atoms with Gasteiger partial charge in [0.25, 0.3) is 0 Å². The average molecular weight is 372 g/mol. The highest BCUT2D eigenvalue weighted by Gasteiger charge is 2.29. The molecule has 0 saturated heterocycles. The highest BCUT2D eigenvalue weighted by Crippen LogP contribution is 2.44. The molecule has 28 heavy (non-hydrogen) atoms. The van der Waals surface area contributed by atoms with E-state index in [0.29, 0.717) is 13.2 Å². The molecular weight excluding hydrogens is 348 g/mol. The number of ether oxygens (including phenoxy) is 1. The third-order valence-corrected chi connectivity index (χ3v) is 5.36. The number of benzene rings is 3. The van der Waals surface area contributed by atoms with Crippen LogP contribution in [0.4, 0.5) is 10.5 Å². The number of rotatable bonds is 5. The lowest BCUT2D eigenvalue weighted by Gasteiger charge is -2.20. The molecule has 4 rings (SSSR count). The van der Waals surface area contributed by atoms with Crippen molar-refractivity contribution in [1.82, 2.24) is 4.90 Å². The van der Waals surface area contributed by atoms with E-state index in [4.69, 9.17) is 10.5 Å². The van der Waals surface area contributed by atoms with Crippen LogP contribution in [0.3, 0.4) is 0 Å². The zero-order chi connectivity index (χ0) is 19.5. The topological polar surface area (TPSA) is 55.6 Å². The second kappa shape index (κ2) is 7.77. The van der Waals surface area contributed by atoms with Gasteiger partial charge in [0.1, 0.15) is 6.61 Å². The number of nitrogens with zero attached hydrogens (tertiary/aromatic N) is 1. The van der Waals surface area contributed by atoms with Crippen molar-refractivity contribution < 1.29 is 9.53 Å². The summed E-state index contributed by atoms with van der Waals surface area (Å²) in [5, 5.41) is 0. The van der Waals surface area contributed by atoms with Gasteiger partial charge in [0.05, 0.1) is 0 Å². The van der Waals surface area contributed by atoms with Gasteiger partial charge < -0.3 is 15.4 Å². The number of carbonyl (C=O) groups excluding carboxylic acids is 1. The molecule has 4 nitrogen and oxygen atoms in total. The van der Waals surface area contributed by atoms with Crippen molar-refractivity contribution in [1.29, 1.82) is 0 Å². The lowest BCUT2D eigenvalue weighted by Crippen LogP contribution is -2.30. The standard InChI is InChI=1S/C24H24N2O2/c1-26(15-14-17-10-12-18(25)13-11-17)24(27)28-16-23-21-8-4-2-6-19(21)20-7-3-5-9-22(20)23/h2-13,23H,14-16,25H2,1H3. The largest absolute Gasteiger partial charge is 0.448 e. The van der Waals surface area contributed by atoms with Crippen molar-refractivity contribution in [3.63, 3.8) is 0 Å². The Bertz CT molecular complexity index is 936. The highest BCUT2D eigenvalue weighted by atomic mass is 16.6. The van der Waals surface area contributed by atoms with Gasteiger partial charge in [0.15, 0.2) is 0 Å². The fraction of sp³-hybridized carbons (Fsp3) is 0.208. The van der Waals surface area contributed by atoms with Crippen LogP contribution in [-0.4, -0.2) is 31.2 Å². The summed E-state index contributed by atoms with van der Waals surface area (Å²) >= 11 is 0. The van der Waals surface area contributed by atoms with Gasteiger partial charge in [-0.15, -0.1) is 0 Å². The van der Waals surface area contributed by atoms with E-state index in [1.807, 2.05) is 36.4 Å². The van der Waals surface area contributed by atoms with Gasteiger partial charge in [-0.05, 0) is 46.4 Å². The number of hydrogen-bond donors (Lipinski definition) is 1. The molecule has 1 aliphatic carbocycles. The first-order valence-corrected chi connectivity index (χ1v) is 9.54. The average Bonchev–Trinajstić information content (AvgIpc) is 3.05. The molecule has 4 heteroatoms. The minimum Gasteiger partial charge on any atom is -0.448 e. The molecule has 0 bridgehead atoms. The molecule has 0 unspecified atom stereocenters. The number of nitrogen functional groups attached to an aromatic ring is 1. The maximum Gasteiger partial charge on any atom is 0.409 e. The molecule has 0 radical (unpaired) electrons. The summed E-state index contributed by atoms with van der Waals surface area (Å²) in [7, 11) is 1.77. The summed E-state index contributed by atoms with van der Waals surface area (Å²) in [4.78, 5) is 14.1. The molecule has 142 valence electrons. The predicted octanol–water partition coefficient (Wildman–Crippen LogP) is 4.69. The van der Waals surface area contributed by atoms with Crippen LogP contribution in [0, 0.1) is 0 Å². The van der Waals surface area contributed by atoms with Crippen molar-refractivity contribution in [3.8, 4) is 11.1 Å². The second-order valence-corrected chi connectivity index (χ2v) is 7.22. The fourth-order valence-electron chi connectivity index (χ4n) is 3.78. The van der Waals surface area contributed by atoms with E-state index < -0.39 is 0 Å². The van der Waals surface area contributed by atoms with Crippen LogP contribution in [0.2, 0.25) is 0 Å². The van der Waals surface area contributed by atoms with Crippen LogP contribution in [-0.2, 0) is 11.2 Å². The lowest BCUT2D eigenvalue weighted by atomic mass is 9.98. The number of anilines is 1. The van der Waals surface area contributed by atoms with E-state index in [0.717, 1.165) is 17.7 Å². The first-order chi connectivity index (χ1) is 13.6. The zero-order valence-electron chi connectivity index (χ0n) is 16.0. The molecule has 0 aromatic heterocycles. The van der Waals surface area contributed by atoms with Crippen molar-refractivity contribution in [2.75, 3.05) is 25.9 Å². The van der Waals surface area contributed by atoms with Gasteiger partial charge >= 0.3 is 6.09 Å². The van der Waals surface area contributed by atoms with Gasteiger partial charge in [-0.1, -0.05) is 60.7 Å². The van der Waals surface area contributed by atoms with Crippen LogP contribution in [0.5, 0.6) is 0 Å². The molecule has 0 saturated carbocycles. The van der Waals surface area contributed by atoms with E-state index in [1.165, 1.54) is 22.3 Å². The number of hydrogen-bond acceptors (Lipinski definition) is 3. The SMILES string of the molecule is CN(CCc1ccc(N)cc1)C(=O)OCC1c2ccccc2-c2ccccc21. The van der Waals surface area contributed by atoms with Gasteiger partial charge in [0.2, 0.25) is 0 Å². The Morgan fingerprint density at radius 2 is 1.50 bits per heavy atom. The van der Waals surface area contributed by atoms with Crippen LogP contribution >= 0.6 is 0 Å². The van der Waals surface area contributed by atoms with Crippen LogP contribution in [0.15, 0.2) is 72.8 Å². The van der Waals surface area contributed by atoms with E-state index in [-0.39, 0.29) is 12.0 Å². The predicted molar refractivity (Wildman–Crippen MR) is 112 cm³/mol. The normalized spacial score (nSPS) is 12.3. The van der Waals surface area contributed by atoms with Crippen molar-refractivity contribution in [3.05, 3.63) is 89.5 Å². The number of likely N-dealkylation sites (N-methyl/N-ethyl adjacent to an activating group) is 1. The Labute approximate surface area is 165 Å². The second-order valence-electron chi connectivity index (χ2n) is 7.22. The molecule has 1 amide bonds. The molecule has 0 spiro atoms. The zero-order valence-corrected chi connectivity index (χ0v) is 16.0. The van der Waals surface area contributed by atoms with Gasteiger partial charge in [-0.3, -0.25) is 0 Å². The number of carbonyl (C=O) groups is 1. The maximum atomic E-state index is 12.5. The maximum absolute atomic E-state index is 12.5. The monoisotopic (exact) mass is 372 g/mol. The summed E-state index contributed by atoms with van der Waals surface area (Å²) in [6.45, 7) is 0.944. The van der Waals surface area contributed by atoms with E-state index in [2.05, 4.69) is 36.4 Å². The smallest absolute Gasteiger partial charge is 0.409 e. The van der Waals surface area contributed by atoms with Crippen molar-refractivity contribution in [2.24, 2.45) is 0 Å². The first kappa shape index (κ1) is 18.1. The van der Waals surface area contributed by atoms with Gasteiger partial charge in [-0.2, -0.15) is 0 Å². The molecule has 3 aromatic rings. The Kier molecular flexibility index (Phi) is 5.02. The lowest BCUT2D eigenvalue weighted by molar-refractivity contribution is 0.109. The van der Waals surface area contributed by atoms with Gasteiger partial charge in [0, 0.05) is 25.2 Å². The van der Waals surface area contributed by atoms with Crippen molar-refractivity contribution >= 4 is 11.8 Å². The Morgan fingerprint density at radius 1 is 0.929 bits per heavy atom. The number of fused-ring (bicyclic) bond motifs is 3. The summed E-state index contributed by atoms with van der Waals surface area (Å²) in [6.07, 6.45) is 0.471. The van der Waals surface area contributed by atoms with Crippen LogP contribution in [0.1, 0.15) is 22.6 Å². The first-order valence-electron chi connectivity index (χ1n) is 9.54. The number of nitrogens with two attached hydrogens (primary N) is 1. The molecule has 3 aromatic carbocycles. The summed E-state index contributed by atoms with van der Waals surface area (Å²) in [5.41, 5.74) is 12.5. The molecule has 0 atom stereocenters. The molecule has 0 fully saturated rings. The minimum absolute atomic E-state index is 0.0850. The third kappa shape index (κ3) is 3.58.